The third-order valence-electron chi connectivity index (χ3n) is 3.88. The van der Waals surface area contributed by atoms with Crippen LogP contribution < -0.4 is 10.6 Å². The molecule has 1 saturated carbocycles. The first-order chi connectivity index (χ1) is 7.60. The second-order valence-corrected chi connectivity index (χ2v) is 5.42. The van der Waals surface area contributed by atoms with Gasteiger partial charge in [-0.1, -0.05) is 0 Å². The van der Waals surface area contributed by atoms with Gasteiger partial charge in [-0.3, -0.25) is 4.79 Å². The maximum atomic E-state index is 12.0. The SMILES string of the molecule is CC1(C(=O)NCC2CC(O)C2)CCCCN1. The van der Waals surface area contributed by atoms with Gasteiger partial charge in [-0.05, 0) is 51.5 Å². The Bertz CT molecular complexity index is 256. The molecule has 0 spiro atoms. The Morgan fingerprint density at radius 1 is 1.50 bits per heavy atom. The van der Waals surface area contributed by atoms with Gasteiger partial charge in [0.2, 0.25) is 5.91 Å². The highest BCUT2D eigenvalue weighted by Gasteiger charge is 2.35. The van der Waals surface area contributed by atoms with Crippen LogP contribution in [0.1, 0.15) is 39.0 Å². The van der Waals surface area contributed by atoms with E-state index in [4.69, 9.17) is 5.11 Å². The second kappa shape index (κ2) is 4.72. The van der Waals surface area contributed by atoms with E-state index in [1.54, 1.807) is 0 Å². The molecule has 16 heavy (non-hydrogen) atoms. The molecule has 4 nitrogen and oxygen atoms in total. The number of aliphatic hydroxyl groups excluding tert-OH is 1. The minimum Gasteiger partial charge on any atom is -0.393 e. The van der Waals surface area contributed by atoms with Crippen molar-refractivity contribution in [3.05, 3.63) is 0 Å². The van der Waals surface area contributed by atoms with Gasteiger partial charge < -0.3 is 15.7 Å². The van der Waals surface area contributed by atoms with Crippen molar-refractivity contribution in [1.29, 1.82) is 0 Å². The quantitative estimate of drug-likeness (QED) is 0.653. The fourth-order valence-corrected chi connectivity index (χ4v) is 2.55. The molecule has 0 bridgehead atoms. The van der Waals surface area contributed by atoms with Crippen molar-refractivity contribution in [2.75, 3.05) is 13.1 Å². The molecule has 1 atom stereocenters. The van der Waals surface area contributed by atoms with Crippen molar-refractivity contribution in [3.63, 3.8) is 0 Å². The van der Waals surface area contributed by atoms with Crippen LogP contribution in [0, 0.1) is 5.92 Å². The molecule has 1 aliphatic heterocycles. The van der Waals surface area contributed by atoms with Gasteiger partial charge in [0.05, 0.1) is 11.6 Å². The summed E-state index contributed by atoms with van der Waals surface area (Å²) < 4.78 is 0. The van der Waals surface area contributed by atoms with E-state index in [2.05, 4.69) is 10.6 Å². The molecule has 3 N–H and O–H groups in total. The van der Waals surface area contributed by atoms with E-state index in [0.717, 1.165) is 38.6 Å². The minimum absolute atomic E-state index is 0.119. The third kappa shape index (κ3) is 2.55. The number of carbonyl (C=O) groups is 1. The van der Waals surface area contributed by atoms with Crippen LogP contribution in [-0.4, -0.2) is 35.7 Å². The Balaban J connectivity index is 1.74. The second-order valence-electron chi connectivity index (χ2n) is 5.42. The highest BCUT2D eigenvalue weighted by atomic mass is 16.3. The molecule has 1 saturated heterocycles. The number of nitrogens with one attached hydrogen (secondary N) is 2. The summed E-state index contributed by atoms with van der Waals surface area (Å²) in [6.45, 7) is 3.64. The lowest BCUT2D eigenvalue weighted by Gasteiger charge is -2.36. The van der Waals surface area contributed by atoms with Crippen LogP contribution in [-0.2, 0) is 4.79 Å². The molecule has 4 heteroatoms. The van der Waals surface area contributed by atoms with Gasteiger partial charge in [-0.25, -0.2) is 0 Å². The molecule has 2 aliphatic rings. The number of carbonyl (C=O) groups excluding carboxylic acids is 1. The standard InChI is InChI=1S/C12H22N2O2/c1-12(4-2-3-5-14-12)11(16)13-8-9-6-10(15)7-9/h9-10,14-15H,2-8H2,1H3,(H,13,16). The van der Waals surface area contributed by atoms with Crippen molar-refractivity contribution in [2.45, 2.75) is 50.7 Å². The molecule has 2 rings (SSSR count). The lowest BCUT2D eigenvalue weighted by Crippen LogP contribution is -2.57. The number of piperidine rings is 1. The molecule has 92 valence electrons. The Kier molecular flexibility index (Phi) is 3.50. The Labute approximate surface area is 96.8 Å². The summed E-state index contributed by atoms with van der Waals surface area (Å²) in [7, 11) is 0. The predicted molar refractivity (Wildman–Crippen MR) is 62.0 cm³/mol. The molecule has 1 amide bonds. The van der Waals surface area contributed by atoms with Crippen molar-refractivity contribution in [1.82, 2.24) is 10.6 Å². The van der Waals surface area contributed by atoms with Crippen LogP contribution in [0.4, 0.5) is 0 Å². The molecule has 2 fully saturated rings. The smallest absolute Gasteiger partial charge is 0.240 e. The van der Waals surface area contributed by atoms with E-state index in [1.165, 1.54) is 0 Å². The highest BCUT2D eigenvalue weighted by Crippen LogP contribution is 2.26. The summed E-state index contributed by atoms with van der Waals surface area (Å²) in [5, 5.41) is 15.5. The maximum absolute atomic E-state index is 12.0. The van der Waals surface area contributed by atoms with Gasteiger partial charge in [0.15, 0.2) is 0 Å². The van der Waals surface area contributed by atoms with Gasteiger partial charge >= 0.3 is 0 Å². The summed E-state index contributed by atoms with van der Waals surface area (Å²) >= 11 is 0. The van der Waals surface area contributed by atoms with Gasteiger partial charge in [0.25, 0.3) is 0 Å². The maximum Gasteiger partial charge on any atom is 0.240 e. The molecule has 0 aromatic carbocycles. The Morgan fingerprint density at radius 2 is 2.25 bits per heavy atom. The molecule has 1 aliphatic carbocycles. The molecule has 0 radical (unpaired) electrons. The van der Waals surface area contributed by atoms with Crippen LogP contribution in [0.3, 0.4) is 0 Å². The summed E-state index contributed by atoms with van der Waals surface area (Å²) in [6.07, 6.45) is 4.75. The molecular weight excluding hydrogens is 204 g/mol. The predicted octanol–water partition coefficient (Wildman–Crippen LogP) is 0.406. The molecule has 1 unspecified atom stereocenters. The molecule has 1 heterocycles. The first-order valence-corrected chi connectivity index (χ1v) is 6.31. The van der Waals surface area contributed by atoms with Gasteiger partial charge in [-0.15, -0.1) is 0 Å². The Morgan fingerprint density at radius 3 is 2.81 bits per heavy atom. The van der Waals surface area contributed by atoms with Crippen LogP contribution in [0.15, 0.2) is 0 Å². The molecule has 0 aromatic heterocycles. The highest BCUT2D eigenvalue weighted by molar-refractivity contribution is 5.85. The monoisotopic (exact) mass is 226 g/mol. The number of aliphatic hydroxyl groups is 1. The van der Waals surface area contributed by atoms with Crippen LogP contribution in [0.5, 0.6) is 0 Å². The van der Waals surface area contributed by atoms with E-state index in [-0.39, 0.29) is 17.6 Å². The zero-order valence-corrected chi connectivity index (χ0v) is 9.96. The van der Waals surface area contributed by atoms with E-state index in [9.17, 15) is 4.79 Å². The summed E-state index contributed by atoms with van der Waals surface area (Å²) in [4.78, 5) is 12.0. The largest absolute Gasteiger partial charge is 0.393 e. The van der Waals surface area contributed by atoms with E-state index < -0.39 is 0 Å². The Hall–Kier alpha value is -0.610. The summed E-state index contributed by atoms with van der Waals surface area (Å²) in [6, 6.07) is 0. The summed E-state index contributed by atoms with van der Waals surface area (Å²) in [5.74, 6) is 0.597. The zero-order valence-electron chi connectivity index (χ0n) is 9.96. The molecule has 0 aromatic rings. The first-order valence-electron chi connectivity index (χ1n) is 6.31. The van der Waals surface area contributed by atoms with Gasteiger partial charge in [0, 0.05) is 6.54 Å². The first kappa shape index (κ1) is 11.9. The average Bonchev–Trinajstić information content (AvgIpc) is 2.23. The van der Waals surface area contributed by atoms with Crippen molar-refractivity contribution in [3.8, 4) is 0 Å². The van der Waals surface area contributed by atoms with E-state index in [1.807, 2.05) is 6.92 Å². The lowest BCUT2D eigenvalue weighted by molar-refractivity contribution is -0.128. The molecular formula is C12H22N2O2. The fourth-order valence-electron chi connectivity index (χ4n) is 2.55. The lowest BCUT2D eigenvalue weighted by atomic mass is 9.82. The van der Waals surface area contributed by atoms with E-state index in [0.29, 0.717) is 12.5 Å². The number of rotatable bonds is 3. The van der Waals surface area contributed by atoms with Crippen LogP contribution >= 0.6 is 0 Å². The van der Waals surface area contributed by atoms with Gasteiger partial charge in [-0.2, -0.15) is 0 Å². The fraction of sp³-hybridized carbons (Fsp3) is 0.917. The number of hydrogen-bond acceptors (Lipinski definition) is 3. The van der Waals surface area contributed by atoms with Crippen LogP contribution in [0.25, 0.3) is 0 Å². The van der Waals surface area contributed by atoms with Crippen molar-refractivity contribution in [2.24, 2.45) is 5.92 Å². The average molecular weight is 226 g/mol. The van der Waals surface area contributed by atoms with Crippen molar-refractivity contribution >= 4 is 5.91 Å². The van der Waals surface area contributed by atoms with Crippen molar-refractivity contribution < 1.29 is 9.90 Å². The normalized spacial score (nSPS) is 38.9. The minimum atomic E-state index is -0.374. The zero-order chi connectivity index (χ0) is 11.6. The number of amides is 1. The van der Waals surface area contributed by atoms with Crippen LogP contribution in [0.2, 0.25) is 0 Å². The summed E-state index contributed by atoms with van der Waals surface area (Å²) in [5.41, 5.74) is -0.374. The number of hydrogen-bond donors (Lipinski definition) is 3. The van der Waals surface area contributed by atoms with Gasteiger partial charge in [0.1, 0.15) is 0 Å². The topological polar surface area (TPSA) is 61.4 Å². The third-order valence-corrected chi connectivity index (χ3v) is 3.88. The van der Waals surface area contributed by atoms with E-state index >= 15 is 0 Å².